The molecule has 0 aliphatic heterocycles. The number of hydrogen-bond donors (Lipinski definition) is 1. The van der Waals surface area contributed by atoms with E-state index in [1.54, 1.807) is 11.8 Å². The molecule has 5 heteroatoms. The first-order valence-corrected chi connectivity index (χ1v) is 5.81. The van der Waals surface area contributed by atoms with E-state index in [-0.39, 0.29) is 6.61 Å². The first kappa shape index (κ1) is 11.5. The molecule has 0 aliphatic carbocycles. The summed E-state index contributed by atoms with van der Waals surface area (Å²) < 4.78 is 5.01. The highest BCUT2D eigenvalue weighted by Gasteiger charge is 2.06. The third kappa shape index (κ3) is 4.11. The summed E-state index contributed by atoms with van der Waals surface area (Å²) in [4.78, 5) is 4.21. The van der Waals surface area contributed by atoms with Crippen molar-refractivity contribution >= 4 is 11.8 Å². The molecule has 0 radical (unpaired) electrons. The van der Waals surface area contributed by atoms with E-state index in [1.807, 2.05) is 0 Å². The van der Waals surface area contributed by atoms with Gasteiger partial charge in [0.05, 0.1) is 5.75 Å². The van der Waals surface area contributed by atoms with Crippen molar-refractivity contribution in [3.8, 4) is 0 Å². The molecule has 0 aliphatic rings. The molecule has 0 saturated heterocycles. The van der Waals surface area contributed by atoms with Crippen LogP contribution in [0.2, 0.25) is 0 Å². The molecule has 0 unspecified atom stereocenters. The molecule has 0 atom stereocenters. The van der Waals surface area contributed by atoms with Crippen LogP contribution in [0.1, 0.15) is 32.0 Å². The van der Waals surface area contributed by atoms with Crippen molar-refractivity contribution in [1.29, 1.82) is 0 Å². The van der Waals surface area contributed by atoms with Gasteiger partial charge in [-0.3, -0.25) is 0 Å². The second kappa shape index (κ2) is 6.03. The van der Waals surface area contributed by atoms with Crippen LogP contribution in [0, 0.1) is 0 Å². The van der Waals surface area contributed by atoms with Crippen LogP contribution in [0.4, 0.5) is 0 Å². The Labute approximate surface area is 88.1 Å². The summed E-state index contributed by atoms with van der Waals surface area (Å²) >= 11 is 1.79. The van der Waals surface area contributed by atoms with Crippen molar-refractivity contribution in [3.63, 3.8) is 0 Å². The van der Waals surface area contributed by atoms with Gasteiger partial charge in [0.25, 0.3) is 0 Å². The fraction of sp³-hybridized carbons (Fsp3) is 0.778. The Kier molecular flexibility index (Phi) is 4.97. The molecule has 0 aromatic carbocycles. The molecule has 14 heavy (non-hydrogen) atoms. The van der Waals surface area contributed by atoms with Crippen LogP contribution in [0.25, 0.3) is 0 Å². The Morgan fingerprint density at radius 1 is 1.50 bits per heavy atom. The first-order chi connectivity index (χ1) is 6.72. The van der Waals surface area contributed by atoms with E-state index in [0.717, 1.165) is 11.6 Å². The predicted molar refractivity (Wildman–Crippen MR) is 56.1 cm³/mol. The zero-order chi connectivity index (χ0) is 10.4. The standard InChI is InChI=1S/C9H16N2O2S/c1-7(2)14-6-8-10-9(13-11-8)4-3-5-12/h7,12H,3-6H2,1-2H3. The molecule has 0 amide bonds. The van der Waals surface area contributed by atoms with Gasteiger partial charge in [0.15, 0.2) is 5.82 Å². The van der Waals surface area contributed by atoms with E-state index >= 15 is 0 Å². The highest BCUT2D eigenvalue weighted by molar-refractivity contribution is 7.99. The Morgan fingerprint density at radius 2 is 2.29 bits per heavy atom. The van der Waals surface area contributed by atoms with Gasteiger partial charge in [0, 0.05) is 13.0 Å². The summed E-state index contributed by atoms with van der Waals surface area (Å²) in [6.45, 7) is 4.44. The van der Waals surface area contributed by atoms with Gasteiger partial charge < -0.3 is 9.63 Å². The fourth-order valence-corrected chi connectivity index (χ4v) is 1.52. The maximum Gasteiger partial charge on any atom is 0.226 e. The van der Waals surface area contributed by atoms with Gasteiger partial charge in [-0.15, -0.1) is 0 Å². The van der Waals surface area contributed by atoms with Gasteiger partial charge in [0.2, 0.25) is 5.89 Å². The minimum Gasteiger partial charge on any atom is -0.396 e. The van der Waals surface area contributed by atoms with Gasteiger partial charge in [-0.1, -0.05) is 19.0 Å². The average Bonchev–Trinajstić information content (AvgIpc) is 2.59. The minimum atomic E-state index is 0.165. The molecule has 1 aromatic rings. The highest BCUT2D eigenvalue weighted by atomic mass is 32.2. The Balaban J connectivity index is 2.35. The molecular weight excluding hydrogens is 200 g/mol. The number of rotatable bonds is 6. The van der Waals surface area contributed by atoms with E-state index < -0.39 is 0 Å². The molecule has 4 nitrogen and oxygen atoms in total. The zero-order valence-electron chi connectivity index (χ0n) is 8.56. The van der Waals surface area contributed by atoms with Crippen molar-refractivity contribution in [2.45, 2.75) is 37.7 Å². The lowest BCUT2D eigenvalue weighted by Crippen LogP contribution is -1.92. The lowest BCUT2D eigenvalue weighted by molar-refractivity contribution is 0.278. The average molecular weight is 216 g/mol. The zero-order valence-corrected chi connectivity index (χ0v) is 9.38. The Bertz CT molecular complexity index is 263. The molecule has 0 bridgehead atoms. The monoisotopic (exact) mass is 216 g/mol. The number of aliphatic hydroxyl groups excluding tert-OH is 1. The molecule has 1 N–H and O–H groups in total. The largest absolute Gasteiger partial charge is 0.396 e. The molecule has 1 aromatic heterocycles. The Hall–Kier alpha value is -0.550. The first-order valence-electron chi connectivity index (χ1n) is 4.76. The molecule has 1 heterocycles. The van der Waals surface area contributed by atoms with E-state index in [1.165, 1.54) is 0 Å². The molecule has 0 spiro atoms. The maximum atomic E-state index is 8.62. The van der Waals surface area contributed by atoms with Crippen LogP contribution in [-0.2, 0) is 12.2 Å². The highest BCUT2D eigenvalue weighted by Crippen LogP contribution is 2.14. The van der Waals surface area contributed by atoms with E-state index in [0.29, 0.717) is 24.0 Å². The second-order valence-electron chi connectivity index (χ2n) is 3.29. The van der Waals surface area contributed by atoms with Crippen LogP contribution in [0.3, 0.4) is 0 Å². The van der Waals surface area contributed by atoms with Crippen LogP contribution >= 0.6 is 11.8 Å². The van der Waals surface area contributed by atoms with Crippen molar-refractivity contribution in [3.05, 3.63) is 11.7 Å². The minimum absolute atomic E-state index is 0.165. The van der Waals surface area contributed by atoms with E-state index in [2.05, 4.69) is 24.0 Å². The number of nitrogens with zero attached hydrogens (tertiary/aromatic N) is 2. The van der Waals surface area contributed by atoms with Gasteiger partial charge in [0.1, 0.15) is 0 Å². The van der Waals surface area contributed by atoms with Crippen molar-refractivity contribution in [2.75, 3.05) is 6.61 Å². The van der Waals surface area contributed by atoms with Gasteiger partial charge in [-0.25, -0.2) is 0 Å². The lowest BCUT2D eigenvalue weighted by atomic mass is 10.3. The summed E-state index contributed by atoms with van der Waals surface area (Å²) in [5.74, 6) is 2.16. The van der Waals surface area contributed by atoms with Crippen LogP contribution in [0.5, 0.6) is 0 Å². The Morgan fingerprint density at radius 3 is 2.93 bits per heavy atom. The second-order valence-corrected chi connectivity index (χ2v) is 4.86. The van der Waals surface area contributed by atoms with Gasteiger partial charge in [-0.2, -0.15) is 16.7 Å². The predicted octanol–water partition coefficient (Wildman–Crippen LogP) is 1.64. The summed E-state index contributed by atoms with van der Waals surface area (Å²) in [6.07, 6.45) is 1.34. The van der Waals surface area contributed by atoms with Crippen molar-refractivity contribution < 1.29 is 9.63 Å². The number of thioether (sulfide) groups is 1. The van der Waals surface area contributed by atoms with Crippen LogP contribution < -0.4 is 0 Å². The quantitative estimate of drug-likeness (QED) is 0.783. The molecular formula is C9H16N2O2S. The smallest absolute Gasteiger partial charge is 0.226 e. The summed E-state index contributed by atoms with van der Waals surface area (Å²) in [5.41, 5.74) is 0. The SMILES string of the molecule is CC(C)SCc1noc(CCCO)n1. The summed E-state index contributed by atoms with van der Waals surface area (Å²) in [5, 5.41) is 13.0. The summed E-state index contributed by atoms with van der Waals surface area (Å²) in [6, 6.07) is 0. The number of aromatic nitrogens is 2. The number of aliphatic hydroxyl groups is 1. The van der Waals surface area contributed by atoms with E-state index in [4.69, 9.17) is 9.63 Å². The number of hydrogen-bond acceptors (Lipinski definition) is 5. The molecule has 0 saturated carbocycles. The van der Waals surface area contributed by atoms with Crippen LogP contribution in [-0.4, -0.2) is 27.1 Å². The van der Waals surface area contributed by atoms with E-state index in [9.17, 15) is 0 Å². The van der Waals surface area contributed by atoms with Gasteiger partial charge in [-0.05, 0) is 11.7 Å². The summed E-state index contributed by atoms with van der Waals surface area (Å²) in [7, 11) is 0. The third-order valence-corrected chi connectivity index (χ3v) is 2.70. The maximum absolute atomic E-state index is 8.62. The normalized spacial score (nSPS) is 11.1. The molecule has 1 rings (SSSR count). The van der Waals surface area contributed by atoms with Crippen molar-refractivity contribution in [1.82, 2.24) is 10.1 Å². The third-order valence-electron chi connectivity index (χ3n) is 1.60. The van der Waals surface area contributed by atoms with Crippen molar-refractivity contribution in [2.24, 2.45) is 0 Å². The molecule has 0 fully saturated rings. The molecule has 80 valence electrons. The lowest BCUT2D eigenvalue weighted by Gasteiger charge is -1.98. The van der Waals surface area contributed by atoms with Crippen LogP contribution in [0.15, 0.2) is 4.52 Å². The topological polar surface area (TPSA) is 59.2 Å². The fourth-order valence-electron chi connectivity index (χ4n) is 0.922. The number of aryl methyl sites for hydroxylation is 1. The van der Waals surface area contributed by atoms with Gasteiger partial charge >= 0.3 is 0 Å².